The third-order valence-electron chi connectivity index (χ3n) is 4.89. The Balaban J connectivity index is 1.92. The van der Waals surface area contributed by atoms with Crippen molar-refractivity contribution in [1.29, 1.82) is 0 Å². The zero-order valence-electron chi connectivity index (χ0n) is 15.2. The lowest BCUT2D eigenvalue weighted by Crippen LogP contribution is -2.02. The Morgan fingerprint density at radius 3 is 2.85 bits per heavy atom. The van der Waals surface area contributed by atoms with Crippen LogP contribution in [0, 0.1) is 6.92 Å². The van der Waals surface area contributed by atoms with E-state index in [2.05, 4.69) is 29.4 Å². The SMILES string of the molecule is CNc1cc2c(-c3cc(C)cc(C4CCOC4)n3)cc(C(C)=O)n2cn1. The number of hydrogen-bond acceptors (Lipinski definition) is 5. The molecule has 1 atom stereocenters. The van der Waals surface area contributed by atoms with Crippen molar-refractivity contribution < 1.29 is 9.53 Å². The van der Waals surface area contributed by atoms with E-state index in [9.17, 15) is 4.79 Å². The average Bonchev–Trinajstić information content (AvgIpc) is 3.28. The van der Waals surface area contributed by atoms with Crippen LogP contribution < -0.4 is 5.32 Å². The number of carbonyl (C=O) groups is 1. The van der Waals surface area contributed by atoms with Crippen LogP contribution in [0.15, 0.2) is 30.6 Å². The summed E-state index contributed by atoms with van der Waals surface area (Å²) < 4.78 is 7.36. The summed E-state index contributed by atoms with van der Waals surface area (Å²) in [4.78, 5) is 21.4. The normalized spacial score (nSPS) is 17.0. The number of aryl methyl sites for hydroxylation is 1. The summed E-state index contributed by atoms with van der Waals surface area (Å²) in [6, 6.07) is 8.06. The van der Waals surface area contributed by atoms with E-state index < -0.39 is 0 Å². The molecule has 3 aromatic rings. The van der Waals surface area contributed by atoms with Crippen molar-refractivity contribution in [2.45, 2.75) is 26.2 Å². The van der Waals surface area contributed by atoms with Crippen molar-refractivity contribution in [3.05, 3.63) is 47.5 Å². The number of pyridine rings is 1. The zero-order chi connectivity index (χ0) is 18.3. The number of ketones is 1. The molecule has 3 aromatic heterocycles. The number of carbonyl (C=O) groups excluding carboxylic acids is 1. The molecule has 1 saturated heterocycles. The molecule has 0 saturated carbocycles. The summed E-state index contributed by atoms with van der Waals surface area (Å²) in [6.45, 7) is 5.16. The highest BCUT2D eigenvalue weighted by Crippen LogP contribution is 2.32. The maximum atomic E-state index is 12.1. The topological polar surface area (TPSA) is 68.5 Å². The lowest BCUT2D eigenvalue weighted by atomic mass is 10.0. The number of ether oxygens (including phenoxy) is 1. The van der Waals surface area contributed by atoms with Crippen molar-refractivity contribution in [1.82, 2.24) is 14.4 Å². The number of nitrogens with zero attached hydrogens (tertiary/aromatic N) is 3. The first-order chi connectivity index (χ1) is 12.6. The first-order valence-electron chi connectivity index (χ1n) is 8.83. The van der Waals surface area contributed by atoms with Crippen molar-refractivity contribution in [3.63, 3.8) is 0 Å². The Kier molecular flexibility index (Phi) is 4.20. The molecule has 0 spiro atoms. The van der Waals surface area contributed by atoms with Crippen molar-refractivity contribution in [2.75, 3.05) is 25.6 Å². The second kappa shape index (κ2) is 6.53. The molecule has 1 aliphatic heterocycles. The summed E-state index contributed by atoms with van der Waals surface area (Å²) in [5.41, 5.74) is 5.57. The second-order valence-electron chi connectivity index (χ2n) is 6.79. The predicted molar refractivity (Wildman–Crippen MR) is 101 cm³/mol. The van der Waals surface area contributed by atoms with Gasteiger partial charge in [-0.15, -0.1) is 0 Å². The van der Waals surface area contributed by atoms with E-state index >= 15 is 0 Å². The fourth-order valence-electron chi connectivity index (χ4n) is 3.52. The van der Waals surface area contributed by atoms with Gasteiger partial charge in [0.1, 0.15) is 12.1 Å². The molecule has 1 N–H and O–H groups in total. The average molecular weight is 350 g/mol. The highest BCUT2D eigenvalue weighted by molar-refractivity contribution is 5.98. The van der Waals surface area contributed by atoms with E-state index in [1.807, 2.05) is 23.6 Å². The fourth-order valence-corrected chi connectivity index (χ4v) is 3.52. The van der Waals surface area contributed by atoms with Crippen LogP contribution in [0.2, 0.25) is 0 Å². The maximum Gasteiger partial charge on any atom is 0.176 e. The quantitative estimate of drug-likeness (QED) is 0.730. The van der Waals surface area contributed by atoms with E-state index in [1.54, 1.807) is 13.3 Å². The minimum atomic E-state index is 0.00215. The second-order valence-corrected chi connectivity index (χ2v) is 6.79. The Hall–Kier alpha value is -2.73. The number of hydrogen-bond donors (Lipinski definition) is 1. The van der Waals surface area contributed by atoms with E-state index in [0.29, 0.717) is 11.6 Å². The number of aromatic nitrogens is 3. The minimum absolute atomic E-state index is 0.00215. The van der Waals surface area contributed by atoms with Crippen LogP contribution in [0.5, 0.6) is 0 Å². The molecule has 6 heteroatoms. The maximum absolute atomic E-state index is 12.1. The van der Waals surface area contributed by atoms with Crippen molar-refractivity contribution in [3.8, 4) is 11.3 Å². The number of fused-ring (bicyclic) bond motifs is 1. The van der Waals surface area contributed by atoms with Crippen LogP contribution in [0.25, 0.3) is 16.8 Å². The third kappa shape index (κ3) is 2.86. The van der Waals surface area contributed by atoms with Gasteiger partial charge < -0.3 is 10.1 Å². The summed E-state index contributed by atoms with van der Waals surface area (Å²) in [6.07, 6.45) is 2.68. The molecule has 0 radical (unpaired) electrons. The van der Waals surface area contributed by atoms with Crippen molar-refractivity contribution in [2.24, 2.45) is 0 Å². The molecule has 1 aliphatic rings. The Bertz CT molecular complexity index is 987. The summed E-state index contributed by atoms with van der Waals surface area (Å²) in [5.74, 6) is 1.09. The van der Waals surface area contributed by atoms with E-state index in [4.69, 9.17) is 9.72 Å². The first kappa shape index (κ1) is 16.7. The lowest BCUT2D eigenvalue weighted by molar-refractivity contribution is 0.101. The van der Waals surface area contributed by atoms with Crippen LogP contribution in [0.1, 0.15) is 41.0 Å². The molecule has 134 valence electrons. The number of rotatable bonds is 4. The van der Waals surface area contributed by atoms with E-state index in [0.717, 1.165) is 53.5 Å². The highest BCUT2D eigenvalue weighted by Gasteiger charge is 2.21. The molecule has 0 aromatic carbocycles. The smallest absolute Gasteiger partial charge is 0.176 e. The van der Waals surface area contributed by atoms with E-state index in [1.165, 1.54) is 0 Å². The number of anilines is 1. The van der Waals surface area contributed by atoms with Crippen LogP contribution >= 0.6 is 0 Å². The zero-order valence-corrected chi connectivity index (χ0v) is 15.2. The molecule has 4 heterocycles. The fraction of sp³-hybridized carbons (Fsp3) is 0.350. The van der Waals surface area contributed by atoms with Gasteiger partial charge in [0.2, 0.25) is 0 Å². The van der Waals surface area contributed by atoms with Gasteiger partial charge in [-0.25, -0.2) is 4.98 Å². The number of Topliss-reactive ketones (excluding diaryl/α,β-unsaturated/α-hetero) is 1. The lowest BCUT2D eigenvalue weighted by Gasteiger charge is -2.11. The Morgan fingerprint density at radius 1 is 1.31 bits per heavy atom. The summed E-state index contributed by atoms with van der Waals surface area (Å²) in [7, 11) is 1.83. The largest absolute Gasteiger partial charge is 0.381 e. The summed E-state index contributed by atoms with van der Waals surface area (Å²) >= 11 is 0. The predicted octanol–water partition coefficient (Wildman–Crippen LogP) is 3.45. The molecule has 0 bridgehead atoms. The van der Waals surface area contributed by atoms with Crippen LogP contribution in [-0.2, 0) is 4.74 Å². The van der Waals surface area contributed by atoms with Crippen molar-refractivity contribution >= 4 is 17.1 Å². The van der Waals surface area contributed by atoms with Gasteiger partial charge >= 0.3 is 0 Å². The molecule has 0 amide bonds. The standard InChI is InChI=1S/C20H22N4O2/c1-12-6-16(14-4-5-26-10-14)23-17(7-12)15-8-18(13(2)25)24-11-22-20(21-3)9-19(15)24/h6-9,11,14,21H,4-5,10H2,1-3H3. The molecular formula is C20H22N4O2. The molecule has 0 aliphatic carbocycles. The van der Waals surface area contributed by atoms with Gasteiger partial charge in [-0.1, -0.05) is 0 Å². The molecule has 1 fully saturated rings. The molecule has 26 heavy (non-hydrogen) atoms. The molecule has 1 unspecified atom stereocenters. The molecule has 4 rings (SSSR count). The van der Waals surface area contributed by atoms with Gasteiger partial charge in [0.25, 0.3) is 0 Å². The monoisotopic (exact) mass is 350 g/mol. The van der Waals surface area contributed by atoms with Gasteiger partial charge in [-0.2, -0.15) is 0 Å². The van der Waals surface area contributed by atoms with Gasteiger partial charge in [0, 0.05) is 43.8 Å². The minimum Gasteiger partial charge on any atom is -0.381 e. The van der Waals surface area contributed by atoms with Gasteiger partial charge in [-0.3, -0.25) is 14.2 Å². The summed E-state index contributed by atoms with van der Waals surface area (Å²) in [5, 5.41) is 3.06. The van der Waals surface area contributed by atoms with Crippen LogP contribution in [0.4, 0.5) is 5.82 Å². The molecular weight excluding hydrogens is 328 g/mol. The molecule has 6 nitrogen and oxygen atoms in total. The van der Waals surface area contributed by atoms with Gasteiger partial charge in [-0.05, 0) is 37.1 Å². The third-order valence-corrected chi connectivity index (χ3v) is 4.89. The van der Waals surface area contributed by atoms with Crippen LogP contribution in [0.3, 0.4) is 0 Å². The van der Waals surface area contributed by atoms with Crippen LogP contribution in [-0.4, -0.2) is 40.4 Å². The van der Waals surface area contributed by atoms with Gasteiger partial charge in [0.05, 0.1) is 23.5 Å². The van der Waals surface area contributed by atoms with Gasteiger partial charge in [0.15, 0.2) is 5.78 Å². The highest BCUT2D eigenvalue weighted by atomic mass is 16.5. The van der Waals surface area contributed by atoms with E-state index in [-0.39, 0.29) is 5.78 Å². The Labute approximate surface area is 152 Å². The first-order valence-corrected chi connectivity index (χ1v) is 8.83. The Morgan fingerprint density at radius 2 is 2.15 bits per heavy atom. The number of nitrogens with one attached hydrogen (secondary N) is 1.